The van der Waals surface area contributed by atoms with Gasteiger partial charge in [-0.3, -0.25) is 0 Å². The van der Waals surface area contributed by atoms with Crippen LogP contribution in [0.1, 0.15) is 44.9 Å². The summed E-state index contributed by atoms with van der Waals surface area (Å²) in [4.78, 5) is 12.4. The summed E-state index contributed by atoms with van der Waals surface area (Å²) in [5.74, 6) is 1.18. The normalized spacial score (nSPS) is 16.0. The number of rotatable bonds is 6. The molecule has 3 aromatic carbocycles. The minimum Gasteiger partial charge on any atom is -0.490 e. The van der Waals surface area contributed by atoms with Crippen LogP contribution in [-0.4, -0.2) is 12.6 Å². The van der Waals surface area contributed by atoms with Crippen LogP contribution in [0.4, 0.5) is 4.79 Å². The van der Waals surface area contributed by atoms with Crippen molar-refractivity contribution in [2.75, 3.05) is 6.61 Å². The highest BCUT2D eigenvalue weighted by Gasteiger charge is 2.34. The lowest BCUT2D eigenvalue weighted by Gasteiger charge is -2.33. The van der Waals surface area contributed by atoms with Gasteiger partial charge in [0, 0.05) is 11.1 Å². The molecule has 0 unspecified atom stereocenters. The number of nitrogens with one attached hydrogen (secondary N) is 2. The van der Waals surface area contributed by atoms with Gasteiger partial charge in [-0.25, -0.2) is 4.79 Å². The van der Waals surface area contributed by atoms with Gasteiger partial charge in [0.15, 0.2) is 11.5 Å². The quantitative estimate of drug-likeness (QED) is 0.478. The molecule has 0 bridgehead atoms. The molecule has 174 valence electrons. The molecule has 0 radical (unpaired) electrons. The lowest BCUT2D eigenvalue weighted by atomic mass is 9.84. The number of carbonyl (C=O) groups is 1. The van der Waals surface area contributed by atoms with Crippen molar-refractivity contribution in [1.29, 1.82) is 5.26 Å². The Hall–Kier alpha value is -3.98. The Bertz CT molecular complexity index is 1290. The van der Waals surface area contributed by atoms with Crippen molar-refractivity contribution in [3.8, 4) is 17.6 Å². The van der Waals surface area contributed by atoms with Crippen molar-refractivity contribution in [3.05, 3.63) is 83.1 Å². The highest BCUT2D eigenvalue weighted by Crippen LogP contribution is 2.38. The molecule has 0 saturated carbocycles. The summed E-state index contributed by atoms with van der Waals surface area (Å²) >= 11 is 0. The molecule has 6 nitrogen and oxygen atoms in total. The van der Waals surface area contributed by atoms with Crippen molar-refractivity contribution < 1.29 is 14.3 Å². The second kappa shape index (κ2) is 9.48. The standard InChI is InChI=1S/C28H29N3O3/c1-5-33-24-15-19(25-22(16-29)26(28(2,3)4)31-27(32)30-25)13-14-23(24)34-17-20-11-8-10-18-9-6-7-12-21(18)20/h6-15,25H,5,17H2,1-4H3,(H2,30,31,32)/t25-/m0/s1. The molecule has 0 spiro atoms. The minimum absolute atomic E-state index is 0.330. The molecule has 1 heterocycles. The van der Waals surface area contributed by atoms with Gasteiger partial charge in [-0.1, -0.05) is 69.3 Å². The van der Waals surface area contributed by atoms with Gasteiger partial charge < -0.3 is 20.1 Å². The second-order valence-electron chi connectivity index (χ2n) is 9.25. The summed E-state index contributed by atoms with van der Waals surface area (Å²) < 4.78 is 12.1. The zero-order valence-electron chi connectivity index (χ0n) is 19.9. The van der Waals surface area contributed by atoms with Crippen LogP contribution in [-0.2, 0) is 6.61 Å². The average molecular weight is 456 g/mol. The first kappa shape index (κ1) is 23.2. The van der Waals surface area contributed by atoms with Crippen LogP contribution in [0, 0.1) is 16.7 Å². The molecule has 4 rings (SSSR count). The number of allylic oxidation sites excluding steroid dienone is 1. The van der Waals surface area contributed by atoms with Crippen LogP contribution in [0.5, 0.6) is 11.5 Å². The van der Waals surface area contributed by atoms with Gasteiger partial charge in [-0.05, 0) is 41.0 Å². The van der Waals surface area contributed by atoms with Crippen LogP contribution >= 0.6 is 0 Å². The van der Waals surface area contributed by atoms with Gasteiger partial charge in [-0.2, -0.15) is 5.26 Å². The molecule has 2 amide bonds. The minimum atomic E-state index is -0.570. The molecule has 0 saturated heterocycles. The van der Waals surface area contributed by atoms with Crippen LogP contribution in [0.3, 0.4) is 0 Å². The summed E-state index contributed by atoms with van der Waals surface area (Å²) in [5.41, 5.74) is 2.57. The second-order valence-corrected chi connectivity index (χ2v) is 9.25. The smallest absolute Gasteiger partial charge is 0.319 e. The van der Waals surface area contributed by atoms with Gasteiger partial charge in [0.2, 0.25) is 0 Å². The average Bonchev–Trinajstić information content (AvgIpc) is 2.82. The summed E-state index contributed by atoms with van der Waals surface area (Å²) in [5, 5.41) is 17.9. The van der Waals surface area contributed by atoms with E-state index >= 15 is 0 Å². The summed E-state index contributed by atoms with van der Waals surface area (Å²) in [7, 11) is 0. The molecule has 6 heteroatoms. The number of carbonyl (C=O) groups excluding carboxylic acids is 1. The molecule has 0 aliphatic carbocycles. The number of benzene rings is 3. The lowest BCUT2D eigenvalue weighted by molar-refractivity contribution is 0.235. The summed E-state index contributed by atoms with van der Waals surface area (Å²) in [6.07, 6.45) is 0. The van der Waals surface area contributed by atoms with Crippen molar-refractivity contribution in [3.63, 3.8) is 0 Å². The predicted molar refractivity (Wildman–Crippen MR) is 132 cm³/mol. The Labute approximate surface area is 200 Å². The summed E-state index contributed by atoms with van der Waals surface area (Å²) in [6.45, 7) is 8.67. The first-order valence-electron chi connectivity index (χ1n) is 11.4. The van der Waals surface area contributed by atoms with Crippen LogP contribution in [0.15, 0.2) is 71.9 Å². The fourth-order valence-corrected chi connectivity index (χ4v) is 4.19. The molecule has 1 aliphatic rings. The third kappa shape index (κ3) is 4.69. The Morgan fingerprint density at radius 1 is 1.00 bits per heavy atom. The zero-order chi connectivity index (χ0) is 24.3. The molecule has 3 aromatic rings. The van der Waals surface area contributed by atoms with E-state index in [0.717, 1.165) is 21.9 Å². The molecule has 1 atom stereocenters. The van der Waals surface area contributed by atoms with E-state index in [-0.39, 0.29) is 11.4 Å². The number of hydrogen-bond acceptors (Lipinski definition) is 4. The molecule has 0 aromatic heterocycles. The van der Waals surface area contributed by atoms with E-state index in [4.69, 9.17) is 9.47 Å². The molecule has 1 aliphatic heterocycles. The molecule has 2 N–H and O–H groups in total. The largest absolute Gasteiger partial charge is 0.490 e. The van der Waals surface area contributed by atoms with Crippen molar-refractivity contribution in [2.45, 2.75) is 40.3 Å². The van der Waals surface area contributed by atoms with Crippen molar-refractivity contribution in [2.24, 2.45) is 5.41 Å². The fraction of sp³-hybridized carbons (Fsp3) is 0.286. The third-order valence-electron chi connectivity index (χ3n) is 5.81. The summed E-state index contributed by atoms with van der Waals surface area (Å²) in [6, 6.07) is 21.3. The zero-order valence-corrected chi connectivity index (χ0v) is 19.9. The highest BCUT2D eigenvalue weighted by atomic mass is 16.5. The van der Waals surface area contributed by atoms with Crippen molar-refractivity contribution >= 4 is 16.8 Å². The molecular formula is C28H29N3O3. The van der Waals surface area contributed by atoms with Crippen molar-refractivity contribution in [1.82, 2.24) is 10.6 Å². The lowest BCUT2D eigenvalue weighted by Crippen LogP contribution is -2.46. The number of ether oxygens (including phenoxy) is 2. The topological polar surface area (TPSA) is 83.4 Å². The van der Waals surface area contributed by atoms with Gasteiger partial charge in [0.25, 0.3) is 0 Å². The van der Waals surface area contributed by atoms with E-state index in [1.165, 1.54) is 0 Å². The van der Waals surface area contributed by atoms with Crippen LogP contribution in [0.2, 0.25) is 0 Å². The number of nitrogens with zero attached hydrogens (tertiary/aromatic N) is 1. The van der Waals surface area contributed by atoms with Gasteiger partial charge in [0.05, 0.1) is 24.3 Å². The maximum atomic E-state index is 12.4. The fourth-order valence-electron chi connectivity index (χ4n) is 4.19. The van der Waals surface area contributed by atoms with Gasteiger partial charge >= 0.3 is 6.03 Å². The Morgan fingerprint density at radius 3 is 2.50 bits per heavy atom. The third-order valence-corrected chi connectivity index (χ3v) is 5.81. The first-order chi connectivity index (χ1) is 16.3. The van der Waals surface area contributed by atoms with Gasteiger partial charge in [-0.15, -0.1) is 0 Å². The van der Waals surface area contributed by atoms with Crippen LogP contribution in [0.25, 0.3) is 10.8 Å². The van der Waals surface area contributed by atoms with E-state index < -0.39 is 6.04 Å². The Kier molecular flexibility index (Phi) is 6.47. The maximum Gasteiger partial charge on any atom is 0.319 e. The predicted octanol–water partition coefficient (Wildman–Crippen LogP) is 6.00. The molecular weight excluding hydrogens is 426 g/mol. The number of hydrogen-bond donors (Lipinski definition) is 2. The van der Waals surface area contributed by atoms with E-state index in [1.54, 1.807) is 0 Å². The van der Waals surface area contributed by atoms with E-state index in [2.05, 4.69) is 41.0 Å². The monoisotopic (exact) mass is 455 g/mol. The first-order valence-corrected chi connectivity index (χ1v) is 11.4. The SMILES string of the molecule is CCOc1cc([C@@H]2NC(=O)NC(C(C)(C)C)=C2C#N)ccc1OCc1cccc2ccccc12. The number of amides is 2. The van der Waals surface area contributed by atoms with Gasteiger partial charge in [0.1, 0.15) is 6.61 Å². The maximum absolute atomic E-state index is 12.4. The molecule has 34 heavy (non-hydrogen) atoms. The van der Waals surface area contributed by atoms with E-state index in [9.17, 15) is 10.1 Å². The number of fused-ring (bicyclic) bond motifs is 1. The molecule has 0 fully saturated rings. The number of nitriles is 1. The van der Waals surface area contributed by atoms with E-state index in [1.807, 2.05) is 64.1 Å². The van der Waals surface area contributed by atoms with E-state index in [0.29, 0.717) is 36.0 Å². The number of urea groups is 1. The van der Waals surface area contributed by atoms with Crippen LogP contribution < -0.4 is 20.1 Å². The Balaban J connectivity index is 1.66. The Morgan fingerprint density at radius 2 is 1.76 bits per heavy atom. The highest BCUT2D eigenvalue weighted by molar-refractivity contribution is 5.85.